The maximum Gasteiger partial charge on any atom is 0.103 e. The predicted molar refractivity (Wildman–Crippen MR) is 52.1 cm³/mol. The van der Waals surface area contributed by atoms with Crippen molar-refractivity contribution in [3.05, 3.63) is 24.6 Å². The zero-order valence-corrected chi connectivity index (χ0v) is 8.43. The van der Waals surface area contributed by atoms with E-state index in [0.29, 0.717) is 5.00 Å². The molecule has 10 heavy (non-hydrogen) atoms. The van der Waals surface area contributed by atoms with Crippen LogP contribution in [0.4, 0.5) is 0 Å². The summed E-state index contributed by atoms with van der Waals surface area (Å²) in [5.74, 6) is 0. The van der Waals surface area contributed by atoms with Crippen molar-refractivity contribution in [2.45, 2.75) is 24.8 Å². The molecule has 0 heterocycles. The Bertz CT molecular complexity index is 104. The van der Waals surface area contributed by atoms with Gasteiger partial charge in [-0.1, -0.05) is 24.7 Å². The molecular formula is C8H15ClSi. The molecule has 2 heteroatoms. The van der Waals surface area contributed by atoms with Crippen molar-refractivity contribution in [2.75, 3.05) is 0 Å². The largest absolute Gasteiger partial charge is 0.126 e. The second-order valence-corrected chi connectivity index (χ2v) is 6.24. The Morgan fingerprint density at radius 1 is 1.50 bits per heavy atom. The van der Waals surface area contributed by atoms with E-state index in [-0.39, 0.29) is 0 Å². The molecule has 0 aromatic carbocycles. The minimum Gasteiger partial charge on any atom is -0.126 e. The molecule has 0 bridgehead atoms. The molecule has 58 valence electrons. The van der Waals surface area contributed by atoms with Crippen LogP contribution in [0, 0.1) is 0 Å². The summed E-state index contributed by atoms with van der Waals surface area (Å²) >= 11 is 6.07. The van der Waals surface area contributed by atoms with Gasteiger partial charge in [0.1, 0.15) is 8.80 Å². The summed E-state index contributed by atoms with van der Waals surface area (Å²) in [7, 11) is -1.01. The summed E-state index contributed by atoms with van der Waals surface area (Å²) in [6, 6.07) is 0. The van der Waals surface area contributed by atoms with Crippen molar-refractivity contribution >= 4 is 20.4 Å². The lowest BCUT2D eigenvalue weighted by molar-refractivity contribution is 0.852. The Labute approximate surface area is 70.2 Å². The Kier molecular flexibility index (Phi) is 5.74. The van der Waals surface area contributed by atoms with Crippen LogP contribution in [0.25, 0.3) is 0 Å². The van der Waals surface area contributed by atoms with Gasteiger partial charge in [-0.15, -0.1) is 24.8 Å². The lowest BCUT2D eigenvalue weighted by Crippen LogP contribution is -2.21. The second kappa shape index (κ2) is 5.75. The zero-order chi connectivity index (χ0) is 7.98. The Balaban J connectivity index is 3.75. The van der Waals surface area contributed by atoms with Crippen molar-refractivity contribution in [2.24, 2.45) is 0 Å². The summed E-state index contributed by atoms with van der Waals surface area (Å²) in [5, 5.41) is 0.319. The number of rotatable bonds is 5. The molecule has 0 nitrogen and oxygen atoms in total. The van der Waals surface area contributed by atoms with Crippen molar-refractivity contribution in [3.63, 3.8) is 0 Å². The van der Waals surface area contributed by atoms with E-state index in [9.17, 15) is 0 Å². The van der Waals surface area contributed by atoms with Crippen molar-refractivity contribution in [1.29, 1.82) is 0 Å². The molecule has 0 N–H and O–H groups in total. The fourth-order valence-corrected chi connectivity index (χ4v) is 3.20. The molecule has 0 aliphatic heterocycles. The predicted octanol–water partition coefficient (Wildman–Crippen LogP) is 2.61. The molecule has 0 amide bonds. The fourth-order valence-electron chi connectivity index (χ4n) is 0.860. The molecule has 0 aliphatic rings. The van der Waals surface area contributed by atoms with Gasteiger partial charge in [-0.05, 0) is 6.42 Å². The van der Waals surface area contributed by atoms with Crippen LogP contribution in [0.15, 0.2) is 24.6 Å². The van der Waals surface area contributed by atoms with Crippen LogP contribution >= 0.6 is 11.6 Å². The van der Waals surface area contributed by atoms with E-state index in [1.54, 1.807) is 0 Å². The Morgan fingerprint density at radius 2 is 2.00 bits per heavy atom. The first-order valence-electron chi connectivity index (χ1n) is 3.65. The third-order valence-corrected chi connectivity index (χ3v) is 4.87. The lowest BCUT2D eigenvalue weighted by atomic mass is 10.4. The minimum atomic E-state index is -1.01. The highest BCUT2D eigenvalue weighted by atomic mass is 35.5. The molecule has 0 aromatic rings. The van der Waals surface area contributed by atoms with Crippen molar-refractivity contribution in [1.82, 2.24) is 0 Å². The number of halogens is 1. The van der Waals surface area contributed by atoms with Crippen LogP contribution in [0.1, 0.15) is 19.8 Å². The van der Waals surface area contributed by atoms with Gasteiger partial charge in [-0.25, -0.2) is 0 Å². The monoisotopic (exact) mass is 174 g/mol. The van der Waals surface area contributed by atoms with E-state index in [0.717, 1.165) is 12.8 Å². The van der Waals surface area contributed by atoms with Crippen LogP contribution < -0.4 is 0 Å². The van der Waals surface area contributed by atoms with Crippen molar-refractivity contribution < 1.29 is 0 Å². The fraction of sp³-hybridized carbons (Fsp3) is 0.500. The molecule has 0 saturated carbocycles. The molecule has 0 rings (SSSR count). The highest BCUT2D eigenvalue weighted by molar-refractivity contribution is 6.77. The Hall–Kier alpha value is -0.0131. The number of alkyl halides is 1. The van der Waals surface area contributed by atoms with Gasteiger partial charge in [0.05, 0.1) is 0 Å². The van der Waals surface area contributed by atoms with Gasteiger partial charge in [0.25, 0.3) is 0 Å². The molecule has 0 aliphatic carbocycles. The van der Waals surface area contributed by atoms with E-state index in [1.165, 1.54) is 0 Å². The lowest BCUT2D eigenvalue weighted by Gasteiger charge is -2.11. The van der Waals surface area contributed by atoms with E-state index >= 15 is 0 Å². The highest BCUT2D eigenvalue weighted by Gasteiger charge is 2.12. The molecule has 0 aromatic heterocycles. The third kappa shape index (κ3) is 3.23. The average Bonchev–Trinajstić information content (AvgIpc) is 1.91. The zero-order valence-electron chi connectivity index (χ0n) is 6.52. The van der Waals surface area contributed by atoms with Crippen molar-refractivity contribution in [3.8, 4) is 0 Å². The van der Waals surface area contributed by atoms with Gasteiger partial charge in [-0.2, -0.15) is 0 Å². The normalized spacial score (nSPS) is 13.1. The molecule has 0 radical (unpaired) electrons. The molecule has 0 saturated heterocycles. The van der Waals surface area contributed by atoms with E-state index in [1.807, 2.05) is 11.4 Å². The summed E-state index contributed by atoms with van der Waals surface area (Å²) in [6.45, 7) is 9.63. The third-order valence-electron chi connectivity index (χ3n) is 1.53. The average molecular weight is 175 g/mol. The number of hydrogen-bond acceptors (Lipinski definition) is 0. The van der Waals surface area contributed by atoms with E-state index in [4.69, 9.17) is 11.6 Å². The summed E-state index contributed by atoms with van der Waals surface area (Å²) in [4.78, 5) is 0. The van der Waals surface area contributed by atoms with Gasteiger partial charge in [0, 0.05) is 5.00 Å². The Morgan fingerprint density at radius 3 is 2.30 bits per heavy atom. The molecule has 1 atom stereocenters. The maximum atomic E-state index is 6.07. The van der Waals surface area contributed by atoms with Gasteiger partial charge in [0.2, 0.25) is 0 Å². The van der Waals surface area contributed by atoms with Gasteiger partial charge < -0.3 is 0 Å². The molecule has 0 spiro atoms. The van der Waals surface area contributed by atoms with Crippen LogP contribution in [-0.4, -0.2) is 13.8 Å². The summed E-state index contributed by atoms with van der Waals surface area (Å²) < 4.78 is 0. The van der Waals surface area contributed by atoms with Crippen LogP contribution in [-0.2, 0) is 0 Å². The standard InChI is InChI=1S/C8H15ClSi/c1-4-7-8(9)10(5-2)6-3/h5-6,8,10H,2-4,7H2,1H3. The molecule has 1 unspecified atom stereocenters. The quantitative estimate of drug-likeness (QED) is 0.444. The van der Waals surface area contributed by atoms with Crippen LogP contribution in [0.2, 0.25) is 0 Å². The van der Waals surface area contributed by atoms with E-state index < -0.39 is 8.80 Å². The SMILES string of the molecule is C=C[SiH](C=C)C(Cl)CCC. The first kappa shape index (κ1) is 9.99. The first-order valence-corrected chi connectivity index (χ1v) is 6.09. The van der Waals surface area contributed by atoms with Gasteiger partial charge in [-0.3, -0.25) is 0 Å². The maximum absolute atomic E-state index is 6.07. The molecule has 0 fully saturated rings. The smallest absolute Gasteiger partial charge is 0.103 e. The molecular weight excluding hydrogens is 160 g/mol. The van der Waals surface area contributed by atoms with Crippen LogP contribution in [0.5, 0.6) is 0 Å². The first-order chi connectivity index (χ1) is 4.76. The topological polar surface area (TPSA) is 0 Å². The van der Waals surface area contributed by atoms with Crippen LogP contribution in [0.3, 0.4) is 0 Å². The minimum absolute atomic E-state index is 0.319. The van der Waals surface area contributed by atoms with Gasteiger partial charge >= 0.3 is 0 Å². The number of hydrogen-bond donors (Lipinski definition) is 0. The highest BCUT2D eigenvalue weighted by Crippen LogP contribution is 2.10. The van der Waals surface area contributed by atoms with E-state index in [2.05, 4.69) is 20.1 Å². The van der Waals surface area contributed by atoms with Gasteiger partial charge in [0.15, 0.2) is 0 Å². The summed E-state index contributed by atoms with van der Waals surface area (Å²) in [5.41, 5.74) is 3.97. The summed E-state index contributed by atoms with van der Waals surface area (Å²) in [6.07, 6.45) is 2.25. The second-order valence-electron chi connectivity index (χ2n) is 2.35.